The van der Waals surface area contributed by atoms with Crippen molar-refractivity contribution in [1.82, 2.24) is 4.90 Å². The number of benzene rings is 2. The van der Waals surface area contributed by atoms with E-state index < -0.39 is 0 Å². The van der Waals surface area contributed by atoms with Crippen molar-refractivity contribution < 1.29 is 4.79 Å². The minimum atomic E-state index is -0.0532. The van der Waals surface area contributed by atoms with E-state index in [1.807, 2.05) is 24.3 Å². The summed E-state index contributed by atoms with van der Waals surface area (Å²) in [4.78, 5) is 14.9. The number of nitrogens with one attached hydrogen (secondary N) is 1. The first-order chi connectivity index (χ1) is 12.1. The largest absolute Gasteiger partial charge is 0.322 e. The lowest BCUT2D eigenvalue weighted by molar-refractivity contribution is 0.102. The van der Waals surface area contributed by atoms with Gasteiger partial charge in [0.2, 0.25) is 0 Å². The highest BCUT2D eigenvalue weighted by Crippen LogP contribution is 2.18. The second kappa shape index (κ2) is 8.30. The fraction of sp³-hybridized carbons (Fsp3) is 0.409. The van der Waals surface area contributed by atoms with Crippen LogP contribution in [-0.2, 0) is 13.0 Å². The molecule has 3 rings (SSSR count). The Morgan fingerprint density at radius 2 is 1.60 bits per heavy atom. The van der Waals surface area contributed by atoms with Crippen LogP contribution < -0.4 is 5.32 Å². The van der Waals surface area contributed by atoms with Crippen molar-refractivity contribution in [2.75, 3.05) is 18.4 Å². The number of hydrogen-bond acceptors (Lipinski definition) is 2. The number of amides is 1. The lowest BCUT2D eigenvalue weighted by atomic mass is 9.99. The van der Waals surface area contributed by atoms with E-state index in [0.29, 0.717) is 5.56 Å². The van der Waals surface area contributed by atoms with Crippen LogP contribution in [0, 0.1) is 5.92 Å². The summed E-state index contributed by atoms with van der Waals surface area (Å²) in [6.07, 6.45) is 3.58. The molecule has 0 aromatic heterocycles. The van der Waals surface area contributed by atoms with E-state index in [1.165, 1.54) is 37.1 Å². The Morgan fingerprint density at radius 3 is 2.20 bits per heavy atom. The standard InChI is InChI=1S/C22H28N2O/c1-3-18-6-10-21(11-7-18)23-22(25)20-8-4-19(5-9-20)16-24-14-12-17(2)13-15-24/h4-11,17H,3,12-16H2,1-2H3,(H,23,25). The summed E-state index contributed by atoms with van der Waals surface area (Å²) in [7, 11) is 0. The molecule has 0 saturated carbocycles. The highest BCUT2D eigenvalue weighted by atomic mass is 16.1. The molecule has 3 nitrogen and oxygen atoms in total. The molecule has 0 radical (unpaired) electrons. The first kappa shape index (κ1) is 17.7. The second-order valence-electron chi connectivity index (χ2n) is 7.16. The molecule has 0 spiro atoms. The molecular weight excluding hydrogens is 308 g/mol. The maximum Gasteiger partial charge on any atom is 0.255 e. The molecular formula is C22H28N2O. The predicted molar refractivity (Wildman–Crippen MR) is 104 cm³/mol. The molecule has 0 aliphatic carbocycles. The normalized spacial score (nSPS) is 15.9. The van der Waals surface area contributed by atoms with Gasteiger partial charge in [0.05, 0.1) is 0 Å². The molecule has 1 aliphatic heterocycles. The van der Waals surface area contributed by atoms with Crippen LogP contribution in [0.15, 0.2) is 48.5 Å². The Labute approximate surface area is 151 Å². The number of nitrogens with zero attached hydrogens (tertiary/aromatic N) is 1. The summed E-state index contributed by atoms with van der Waals surface area (Å²) in [5.41, 5.74) is 4.09. The quantitative estimate of drug-likeness (QED) is 0.856. The number of likely N-dealkylation sites (tertiary alicyclic amines) is 1. The van der Waals surface area contributed by atoms with Gasteiger partial charge in [-0.15, -0.1) is 0 Å². The molecule has 2 aromatic rings. The smallest absolute Gasteiger partial charge is 0.255 e. The fourth-order valence-electron chi connectivity index (χ4n) is 3.27. The van der Waals surface area contributed by atoms with Crippen molar-refractivity contribution in [1.29, 1.82) is 0 Å². The zero-order valence-corrected chi connectivity index (χ0v) is 15.3. The summed E-state index contributed by atoms with van der Waals surface area (Å²) in [6, 6.07) is 16.0. The third kappa shape index (κ3) is 4.93. The summed E-state index contributed by atoms with van der Waals surface area (Å²) < 4.78 is 0. The number of rotatable bonds is 5. The molecule has 1 saturated heterocycles. The fourth-order valence-corrected chi connectivity index (χ4v) is 3.27. The van der Waals surface area contributed by atoms with Crippen LogP contribution in [0.3, 0.4) is 0 Å². The summed E-state index contributed by atoms with van der Waals surface area (Å²) >= 11 is 0. The van der Waals surface area contributed by atoms with Crippen LogP contribution in [0.4, 0.5) is 5.69 Å². The van der Waals surface area contributed by atoms with Crippen LogP contribution in [0.5, 0.6) is 0 Å². The Balaban J connectivity index is 1.56. The van der Waals surface area contributed by atoms with Crippen LogP contribution >= 0.6 is 0 Å². The summed E-state index contributed by atoms with van der Waals surface area (Å²) in [5.74, 6) is 0.802. The van der Waals surface area contributed by atoms with Gasteiger partial charge >= 0.3 is 0 Å². The minimum absolute atomic E-state index is 0.0532. The van der Waals surface area contributed by atoms with Crippen LogP contribution in [0.2, 0.25) is 0 Å². The zero-order chi connectivity index (χ0) is 17.6. The van der Waals surface area contributed by atoms with Crippen LogP contribution in [0.25, 0.3) is 0 Å². The van der Waals surface area contributed by atoms with E-state index in [9.17, 15) is 4.79 Å². The van der Waals surface area contributed by atoms with Crippen LogP contribution in [-0.4, -0.2) is 23.9 Å². The molecule has 2 aromatic carbocycles. The number of piperidine rings is 1. The van der Waals surface area contributed by atoms with Gasteiger partial charge in [-0.05, 0) is 73.7 Å². The molecule has 1 aliphatic rings. The lowest BCUT2D eigenvalue weighted by Crippen LogP contribution is -2.32. The molecule has 0 bridgehead atoms. The third-order valence-corrected chi connectivity index (χ3v) is 5.12. The Morgan fingerprint density at radius 1 is 1.00 bits per heavy atom. The minimum Gasteiger partial charge on any atom is -0.322 e. The van der Waals surface area contributed by atoms with Crippen LogP contribution in [0.1, 0.15) is 48.2 Å². The van der Waals surface area contributed by atoms with Gasteiger partial charge in [0.25, 0.3) is 5.91 Å². The van der Waals surface area contributed by atoms with Crippen molar-refractivity contribution in [3.05, 3.63) is 65.2 Å². The molecule has 1 N–H and O–H groups in total. The first-order valence-corrected chi connectivity index (χ1v) is 9.35. The monoisotopic (exact) mass is 336 g/mol. The Bertz CT molecular complexity index is 683. The van der Waals surface area contributed by atoms with Gasteiger partial charge in [-0.1, -0.05) is 38.1 Å². The van der Waals surface area contributed by atoms with E-state index in [-0.39, 0.29) is 5.91 Å². The zero-order valence-electron chi connectivity index (χ0n) is 15.3. The average Bonchev–Trinajstić information content (AvgIpc) is 2.65. The average molecular weight is 336 g/mol. The highest BCUT2D eigenvalue weighted by molar-refractivity contribution is 6.04. The van der Waals surface area contributed by atoms with Crippen molar-refractivity contribution in [2.45, 2.75) is 39.7 Å². The van der Waals surface area contributed by atoms with E-state index in [1.54, 1.807) is 0 Å². The number of aryl methyl sites for hydroxylation is 1. The van der Waals surface area contributed by atoms with Gasteiger partial charge in [-0.2, -0.15) is 0 Å². The van der Waals surface area contributed by atoms with Gasteiger partial charge < -0.3 is 5.32 Å². The SMILES string of the molecule is CCc1ccc(NC(=O)c2ccc(CN3CCC(C)CC3)cc2)cc1. The molecule has 0 atom stereocenters. The maximum atomic E-state index is 12.4. The maximum absolute atomic E-state index is 12.4. The summed E-state index contributed by atoms with van der Waals surface area (Å²) in [5, 5.41) is 2.97. The molecule has 3 heteroatoms. The molecule has 25 heavy (non-hydrogen) atoms. The molecule has 132 valence electrons. The number of carbonyl (C=O) groups excluding carboxylic acids is 1. The lowest BCUT2D eigenvalue weighted by Gasteiger charge is -2.30. The molecule has 1 fully saturated rings. The molecule has 0 unspecified atom stereocenters. The number of anilines is 1. The van der Waals surface area contributed by atoms with Crippen molar-refractivity contribution in [2.24, 2.45) is 5.92 Å². The van der Waals surface area contributed by atoms with E-state index in [4.69, 9.17) is 0 Å². The van der Waals surface area contributed by atoms with Crippen molar-refractivity contribution >= 4 is 11.6 Å². The Kier molecular flexibility index (Phi) is 5.87. The topological polar surface area (TPSA) is 32.3 Å². The molecule has 1 amide bonds. The van der Waals surface area contributed by atoms with Gasteiger partial charge in [0.1, 0.15) is 0 Å². The van der Waals surface area contributed by atoms with Gasteiger partial charge in [-0.3, -0.25) is 9.69 Å². The van der Waals surface area contributed by atoms with Gasteiger partial charge in [0.15, 0.2) is 0 Å². The molecule has 1 heterocycles. The Hall–Kier alpha value is -2.13. The number of carbonyl (C=O) groups is 1. The van der Waals surface area contributed by atoms with Crippen molar-refractivity contribution in [3.8, 4) is 0 Å². The van der Waals surface area contributed by atoms with E-state index in [2.05, 4.69) is 48.3 Å². The second-order valence-corrected chi connectivity index (χ2v) is 7.16. The first-order valence-electron chi connectivity index (χ1n) is 9.35. The summed E-state index contributed by atoms with van der Waals surface area (Å²) in [6.45, 7) is 7.79. The highest BCUT2D eigenvalue weighted by Gasteiger charge is 2.15. The number of hydrogen-bond donors (Lipinski definition) is 1. The van der Waals surface area contributed by atoms with Gasteiger partial charge in [0, 0.05) is 17.8 Å². The van der Waals surface area contributed by atoms with Crippen molar-refractivity contribution in [3.63, 3.8) is 0 Å². The van der Waals surface area contributed by atoms with E-state index in [0.717, 1.165) is 24.6 Å². The van der Waals surface area contributed by atoms with Gasteiger partial charge in [-0.25, -0.2) is 0 Å². The third-order valence-electron chi connectivity index (χ3n) is 5.12. The predicted octanol–water partition coefficient (Wildman–Crippen LogP) is 4.73. The van der Waals surface area contributed by atoms with E-state index >= 15 is 0 Å².